The third-order valence-electron chi connectivity index (χ3n) is 12.0. The van der Waals surface area contributed by atoms with Crippen molar-refractivity contribution in [3.8, 4) is 24.0 Å². The van der Waals surface area contributed by atoms with Crippen LogP contribution in [-0.2, 0) is 0 Å². The molecular formula is C42H20F36N8O4. The highest BCUT2D eigenvalue weighted by atomic mass is 19.5. The number of hydrogen-bond donors (Lipinski definition) is 0. The zero-order valence-corrected chi connectivity index (χ0v) is 41.7. The Labute approximate surface area is 469 Å². The molecule has 0 unspecified atom stereocenters. The van der Waals surface area contributed by atoms with Gasteiger partial charge in [-0.05, 0) is 10.8 Å². The summed E-state index contributed by atoms with van der Waals surface area (Å²) in [7, 11) is 0. The lowest BCUT2D eigenvalue weighted by Crippen LogP contribution is -2.62. The summed E-state index contributed by atoms with van der Waals surface area (Å²) in [6, 6.07) is -1.03. The molecule has 5 aromatic rings. The van der Waals surface area contributed by atoms with Crippen molar-refractivity contribution in [2.45, 2.75) is 95.8 Å². The van der Waals surface area contributed by atoms with Crippen LogP contribution in [0.5, 0.6) is 24.0 Å². The summed E-state index contributed by atoms with van der Waals surface area (Å²) in [5, 5.41) is -1.38. The molecule has 1 aliphatic heterocycles. The van der Waals surface area contributed by atoms with Gasteiger partial charge < -0.3 is 28.7 Å². The van der Waals surface area contributed by atoms with E-state index in [1.807, 2.05) is 0 Å². The SMILES string of the molecule is FC(F)(F)C(F)(F)C(F)(F)C(F)(F)COc1nc(OCC(F)(F)C(F)(F)C(F)(F)C(F)(F)F)nc(N2CCN(c3nc(OCC(F)(F)C(F)(F)C(F)(F)C(F)(F)F)nc(OCC(F)(F)C(F)(F)C(F)(F)C(F)(F)F)n3)c3c2c2ccccc2c2ccccc32)n1. The Bertz CT molecular complexity index is 3080. The van der Waals surface area contributed by atoms with Crippen LogP contribution in [0.2, 0.25) is 0 Å². The predicted molar refractivity (Wildman–Crippen MR) is 221 cm³/mol. The van der Waals surface area contributed by atoms with Gasteiger partial charge in [-0.1, -0.05) is 48.5 Å². The van der Waals surface area contributed by atoms with Crippen molar-refractivity contribution in [2.75, 3.05) is 49.3 Å². The van der Waals surface area contributed by atoms with Crippen LogP contribution >= 0.6 is 0 Å². The summed E-state index contributed by atoms with van der Waals surface area (Å²) in [6.45, 7) is -16.9. The fourth-order valence-corrected chi connectivity index (χ4v) is 7.24. The van der Waals surface area contributed by atoms with Crippen molar-refractivity contribution >= 4 is 44.8 Å². The van der Waals surface area contributed by atoms with Gasteiger partial charge in [0.1, 0.15) is 0 Å². The molecule has 12 nitrogen and oxygen atoms in total. The van der Waals surface area contributed by atoms with Crippen LogP contribution in [0.3, 0.4) is 0 Å². The molecule has 1 aliphatic rings. The number of aromatic nitrogens is 6. The molecule has 504 valence electrons. The van der Waals surface area contributed by atoms with Gasteiger partial charge in [0.25, 0.3) is 0 Å². The Morgan fingerprint density at radius 2 is 0.456 bits per heavy atom. The van der Waals surface area contributed by atoms with E-state index in [0.717, 1.165) is 48.5 Å². The summed E-state index contributed by atoms with van der Waals surface area (Å²) in [6.07, 6.45) is -30.2. The molecule has 0 N–H and O–H groups in total. The number of ether oxygens (including phenoxy) is 4. The molecule has 2 aromatic heterocycles. The number of rotatable bonds is 22. The second-order valence-corrected chi connectivity index (χ2v) is 18.1. The van der Waals surface area contributed by atoms with Gasteiger partial charge in [-0.15, -0.1) is 9.97 Å². The molecule has 0 radical (unpaired) electrons. The minimum atomic E-state index is -7.71. The lowest BCUT2D eigenvalue weighted by molar-refractivity contribution is -0.398. The zero-order chi connectivity index (χ0) is 69.1. The molecule has 0 fully saturated rings. The van der Waals surface area contributed by atoms with Gasteiger partial charge in [0.05, 0.1) is 11.4 Å². The molecule has 0 spiro atoms. The molecule has 0 amide bonds. The maximum atomic E-state index is 14.8. The van der Waals surface area contributed by atoms with Gasteiger partial charge in [-0.25, -0.2) is 0 Å². The van der Waals surface area contributed by atoms with E-state index in [1.54, 1.807) is 0 Å². The van der Waals surface area contributed by atoms with Crippen molar-refractivity contribution in [3.05, 3.63) is 48.5 Å². The Hall–Kier alpha value is -7.52. The lowest BCUT2D eigenvalue weighted by atomic mass is 9.95. The Morgan fingerprint density at radius 1 is 0.267 bits per heavy atom. The minimum Gasteiger partial charge on any atom is -0.457 e. The molecular weight excluding hydrogens is 1360 g/mol. The van der Waals surface area contributed by atoms with E-state index >= 15 is 0 Å². The maximum absolute atomic E-state index is 14.8. The highest BCUT2D eigenvalue weighted by Gasteiger charge is 2.85. The first kappa shape index (κ1) is 71.6. The first-order chi connectivity index (χ1) is 40.2. The number of halogens is 36. The first-order valence-corrected chi connectivity index (χ1v) is 22.6. The van der Waals surface area contributed by atoms with Crippen molar-refractivity contribution in [1.82, 2.24) is 29.9 Å². The molecule has 90 heavy (non-hydrogen) atoms. The van der Waals surface area contributed by atoms with Gasteiger partial charge in [-0.2, -0.15) is 178 Å². The van der Waals surface area contributed by atoms with Gasteiger partial charge >= 0.3 is 120 Å². The predicted octanol–water partition coefficient (Wildman–Crippen LogP) is 15.0. The van der Waals surface area contributed by atoms with Crippen LogP contribution in [-0.4, -0.2) is 165 Å². The summed E-state index contributed by atoms with van der Waals surface area (Å²) >= 11 is 0. The number of benzene rings is 3. The molecule has 0 bridgehead atoms. The van der Waals surface area contributed by atoms with Crippen molar-refractivity contribution < 1.29 is 177 Å². The second-order valence-electron chi connectivity index (χ2n) is 18.1. The van der Waals surface area contributed by atoms with E-state index in [2.05, 4.69) is 48.9 Å². The Kier molecular flexibility index (Phi) is 17.6. The monoisotopic (exact) mass is 1380 g/mol. The molecule has 48 heteroatoms. The summed E-state index contributed by atoms with van der Waals surface area (Å²) in [4.78, 5) is 18.9. The highest BCUT2D eigenvalue weighted by molar-refractivity contribution is 6.21. The fraction of sp³-hybridized carbons (Fsp3) is 0.524. The van der Waals surface area contributed by atoms with Crippen LogP contribution < -0.4 is 28.7 Å². The number of anilines is 4. The topological polar surface area (TPSA) is 121 Å². The van der Waals surface area contributed by atoms with Crippen molar-refractivity contribution in [3.63, 3.8) is 0 Å². The van der Waals surface area contributed by atoms with Gasteiger partial charge in [-0.3, -0.25) is 0 Å². The summed E-state index contributed by atoms with van der Waals surface area (Å²) < 4.78 is 513. The molecule has 0 aliphatic carbocycles. The fourth-order valence-electron chi connectivity index (χ4n) is 7.24. The van der Waals surface area contributed by atoms with E-state index in [9.17, 15) is 158 Å². The number of nitrogens with zero attached hydrogens (tertiary/aromatic N) is 8. The number of hydrogen-bond acceptors (Lipinski definition) is 12. The third-order valence-corrected chi connectivity index (χ3v) is 12.0. The molecule has 3 heterocycles. The number of alkyl halides is 36. The Morgan fingerprint density at radius 3 is 0.644 bits per heavy atom. The lowest BCUT2D eigenvalue weighted by Gasteiger charge is -2.38. The zero-order valence-electron chi connectivity index (χ0n) is 41.7. The highest BCUT2D eigenvalue weighted by Crippen LogP contribution is 2.58. The second kappa shape index (κ2) is 22.1. The largest absolute Gasteiger partial charge is 0.460 e. The molecule has 0 saturated carbocycles. The number of fused-ring (bicyclic) bond motifs is 6. The van der Waals surface area contributed by atoms with E-state index in [0.29, 0.717) is 9.80 Å². The quantitative estimate of drug-likeness (QED) is 0.0484. The molecule has 0 saturated heterocycles. The summed E-state index contributed by atoms with van der Waals surface area (Å²) in [5.41, 5.74) is -1.82. The average molecular weight is 1380 g/mol. The van der Waals surface area contributed by atoms with E-state index < -0.39 is 193 Å². The van der Waals surface area contributed by atoms with Gasteiger partial charge in [0, 0.05) is 23.9 Å². The smallest absolute Gasteiger partial charge is 0.457 e. The standard InChI is InChI=1S/C42H20F36N8O4/c43-27(44,31(51,52)35(59,60)39(67,68)69)11-87-23-79-21(80-24(83-23)88-12-28(45,46)32(53,54)36(61,62)40(70,71)72)85-9-10-86(20-18-8-4-2-6-16(18)15-5-1-3-7-17(15)19(20)85)22-81-25(89-13-29(47,48)33(55,56)37(63,64)41(73,74)75)84-26(82-22)90-14-30(49,50)34(57,58)38(65,66)42(76,77)78/h1-8H,9-14H2. The van der Waals surface area contributed by atoms with Gasteiger partial charge in [0.15, 0.2) is 26.4 Å². The maximum Gasteiger partial charge on any atom is 0.460 e. The van der Waals surface area contributed by atoms with Crippen LogP contribution in [0.4, 0.5) is 181 Å². The molecule has 0 atom stereocenters. The molecule has 6 rings (SSSR count). The van der Waals surface area contributed by atoms with E-state index in [1.165, 1.54) is 0 Å². The van der Waals surface area contributed by atoms with Gasteiger partial charge in [0.2, 0.25) is 11.9 Å². The molecule has 3 aromatic carbocycles. The summed E-state index contributed by atoms with van der Waals surface area (Å²) in [5.74, 6) is -92.1. The van der Waals surface area contributed by atoms with Crippen LogP contribution in [0.1, 0.15) is 0 Å². The van der Waals surface area contributed by atoms with Crippen molar-refractivity contribution in [1.29, 1.82) is 0 Å². The average Bonchev–Trinajstić information content (AvgIpc) is 0.767. The first-order valence-electron chi connectivity index (χ1n) is 22.6. The van der Waals surface area contributed by atoms with Crippen LogP contribution in [0.25, 0.3) is 21.5 Å². The van der Waals surface area contributed by atoms with E-state index in [-0.39, 0.29) is 10.8 Å². The third kappa shape index (κ3) is 11.8. The van der Waals surface area contributed by atoms with E-state index in [4.69, 9.17) is 0 Å². The minimum absolute atomic E-state index is 0.193. The Balaban J connectivity index is 1.60. The van der Waals surface area contributed by atoms with Crippen LogP contribution in [0, 0.1) is 0 Å². The van der Waals surface area contributed by atoms with Crippen LogP contribution in [0.15, 0.2) is 48.5 Å². The van der Waals surface area contributed by atoms with Crippen molar-refractivity contribution in [2.24, 2.45) is 0 Å². The normalized spacial score (nSPS) is 15.6.